The first kappa shape index (κ1) is 14.6. The predicted molar refractivity (Wildman–Crippen MR) is 84.1 cm³/mol. The van der Waals surface area contributed by atoms with E-state index in [0.717, 1.165) is 19.3 Å². The van der Waals surface area contributed by atoms with E-state index in [1.165, 1.54) is 18.4 Å². The highest BCUT2D eigenvalue weighted by molar-refractivity contribution is 5.99. The Labute approximate surface area is 129 Å². The molecule has 0 spiro atoms. The predicted octanol–water partition coefficient (Wildman–Crippen LogP) is 2.64. The van der Waals surface area contributed by atoms with Gasteiger partial charge in [0.25, 0.3) is 11.8 Å². The molecule has 0 atom stereocenters. The smallest absolute Gasteiger partial charge is 0.262 e. The Kier molecular flexibility index (Phi) is 4.42. The van der Waals surface area contributed by atoms with E-state index >= 15 is 0 Å². The number of rotatable bonds is 4. The lowest BCUT2D eigenvalue weighted by molar-refractivity contribution is -0.118. The summed E-state index contributed by atoms with van der Waals surface area (Å²) in [5.74, 6) is 0.275. The number of fused-ring (bicyclic) bond motifs is 1. The zero-order valence-electron chi connectivity index (χ0n) is 12.5. The number of anilines is 1. The van der Waals surface area contributed by atoms with Crippen LogP contribution in [0.15, 0.2) is 29.8 Å². The molecule has 1 aromatic carbocycles. The third kappa shape index (κ3) is 3.47. The Bertz CT molecular complexity index is 622. The van der Waals surface area contributed by atoms with Crippen LogP contribution >= 0.6 is 0 Å². The molecular formula is C17H20N2O3. The number of ether oxygens (including phenoxy) is 1. The van der Waals surface area contributed by atoms with E-state index in [2.05, 4.69) is 16.7 Å². The Morgan fingerprint density at radius 2 is 2.23 bits per heavy atom. The van der Waals surface area contributed by atoms with Crippen LogP contribution in [0.25, 0.3) is 0 Å². The Hall–Kier alpha value is -2.30. The lowest BCUT2D eigenvalue weighted by Gasteiger charge is -2.18. The summed E-state index contributed by atoms with van der Waals surface area (Å²) < 4.78 is 5.28. The molecule has 0 radical (unpaired) electrons. The highest BCUT2D eigenvalue weighted by Gasteiger charge is 2.17. The molecule has 0 unspecified atom stereocenters. The molecule has 5 nitrogen and oxygen atoms in total. The van der Waals surface area contributed by atoms with Crippen LogP contribution in [0.1, 0.15) is 42.5 Å². The summed E-state index contributed by atoms with van der Waals surface area (Å²) in [5, 5.41) is 5.64. The van der Waals surface area contributed by atoms with Crippen LogP contribution in [0.4, 0.5) is 5.69 Å². The Morgan fingerprint density at radius 3 is 3.05 bits per heavy atom. The molecule has 5 heteroatoms. The van der Waals surface area contributed by atoms with Crippen LogP contribution in [0.3, 0.4) is 0 Å². The number of carbonyl (C=O) groups excluding carboxylic acids is 2. The van der Waals surface area contributed by atoms with Gasteiger partial charge in [-0.25, -0.2) is 0 Å². The second-order valence-corrected chi connectivity index (χ2v) is 5.66. The maximum absolute atomic E-state index is 12.2. The summed E-state index contributed by atoms with van der Waals surface area (Å²) in [5.41, 5.74) is 2.53. The Balaban J connectivity index is 1.57. The average molecular weight is 300 g/mol. The van der Waals surface area contributed by atoms with Crippen molar-refractivity contribution >= 4 is 17.5 Å². The molecule has 3 rings (SSSR count). The molecular weight excluding hydrogens is 280 g/mol. The van der Waals surface area contributed by atoms with E-state index in [1.54, 1.807) is 18.2 Å². The maximum atomic E-state index is 12.2. The highest BCUT2D eigenvalue weighted by atomic mass is 16.5. The third-order valence-electron chi connectivity index (χ3n) is 3.99. The van der Waals surface area contributed by atoms with Gasteiger partial charge in [-0.2, -0.15) is 0 Å². The van der Waals surface area contributed by atoms with E-state index in [0.29, 0.717) is 23.5 Å². The van der Waals surface area contributed by atoms with Gasteiger partial charge in [0.15, 0.2) is 6.61 Å². The van der Waals surface area contributed by atoms with Crippen molar-refractivity contribution < 1.29 is 14.3 Å². The molecule has 0 fully saturated rings. The molecule has 22 heavy (non-hydrogen) atoms. The normalized spacial score (nSPS) is 16.9. The zero-order valence-corrected chi connectivity index (χ0v) is 12.5. The van der Waals surface area contributed by atoms with Crippen molar-refractivity contribution in [2.24, 2.45) is 0 Å². The van der Waals surface area contributed by atoms with Gasteiger partial charge < -0.3 is 15.4 Å². The van der Waals surface area contributed by atoms with Gasteiger partial charge in [0.1, 0.15) is 5.75 Å². The van der Waals surface area contributed by atoms with Crippen molar-refractivity contribution in [3.05, 3.63) is 35.4 Å². The summed E-state index contributed by atoms with van der Waals surface area (Å²) in [4.78, 5) is 23.5. The quantitative estimate of drug-likeness (QED) is 0.840. The minimum Gasteiger partial charge on any atom is -0.482 e. The number of hydrogen-bond donors (Lipinski definition) is 2. The topological polar surface area (TPSA) is 67.4 Å². The molecule has 0 bridgehead atoms. The average Bonchev–Trinajstić information content (AvgIpc) is 2.55. The van der Waals surface area contributed by atoms with Crippen molar-refractivity contribution in [3.8, 4) is 5.75 Å². The number of allylic oxidation sites excluding steroid dienone is 1. The minimum absolute atomic E-state index is 0.0215. The standard InChI is InChI=1S/C17H20N2O3/c20-16-11-22-15-7-6-13(10-14(15)19-16)17(21)18-9-8-12-4-2-1-3-5-12/h4,6-7,10H,1-3,5,8-9,11H2,(H,18,21)(H,19,20). The number of nitrogens with one attached hydrogen (secondary N) is 2. The van der Waals surface area contributed by atoms with Gasteiger partial charge >= 0.3 is 0 Å². The second-order valence-electron chi connectivity index (χ2n) is 5.66. The SMILES string of the molecule is O=C1COc2ccc(C(=O)NCCC3=CCCCC3)cc2N1. The van der Waals surface area contributed by atoms with E-state index in [-0.39, 0.29) is 18.4 Å². The van der Waals surface area contributed by atoms with E-state index in [1.807, 2.05) is 0 Å². The van der Waals surface area contributed by atoms with E-state index in [4.69, 9.17) is 4.74 Å². The number of amides is 2. The summed E-state index contributed by atoms with van der Waals surface area (Å²) in [7, 11) is 0. The molecule has 1 heterocycles. The van der Waals surface area contributed by atoms with Crippen LogP contribution < -0.4 is 15.4 Å². The van der Waals surface area contributed by atoms with Gasteiger partial charge in [-0.1, -0.05) is 11.6 Å². The monoisotopic (exact) mass is 300 g/mol. The Morgan fingerprint density at radius 1 is 1.32 bits per heavy atom. The van der Waals surface area contributed by atoms with Gasteiger partial charge in [0, 0.05) is 12.1 Å². The number of benzene rings is 1. The van der Waals surface area contributed by atoms with Crippen molar-refractivity contribution in [1.82, 2.24) is 5.32 Å². The molecule has 1 aromatic rings. The summed E-state index contributed by atoms with van der Waals surface area (Å²) in [6.07, 6.45) is 8.05. The van der Waals surface area contributed by atoms with Gasteiger partial charge in [-0.3, -0.25) is 9.59 Å². The molecule has 0 saturated heterocycles. The molecule has 0 saturated carbocycles. The lowest BCUT2D eigenvalue weighted by Crippen LogP contribution is -2.27. The maximum Gasteiger partial charge on any atom is 0.262 e. The van der Waals surface area contributed by atoms with Crippen molar-refractivity contribution in [2.75, 3.05) is 18.5 Å². The largest absolute Gasteiger partial charge is 0.482 e. The second kappa shape index (κ2) is 6.64. The number of hydrogen-bond acceptors (Lipinski definition) is 3. The highest BCUT2D eigenvalue weighted by Crippen LogP contribution is 2.28. The molecule has 116 valence electrons. The fraction of sp³-hybridized carbons (Fsp3) is 0.412. The molecule has 0 aromatic heterocycles. The molecule has 1 aliphatic heterocycles. The fourth-order valence-electron chi connectivity index (χ4n) is 2.79. The van der Waals surface area contributed by atoms with Gasteiger partial charge in [0.2, 0.25) is 0 Å². The van der Waals surface area contributed by atoms with Crippen LogP contribution in [0, 0.1) is 0 Å². The van der Waals surface area contributed by atoms with Crippen LogP contribution in [-0.2, 0) is 4.79 Å². The van der Waals surface area contributed by atoms with E-state index in [9.17, 15) is 9.59 Å². The van der Waals surface area contributed by atoms with Crippen molar-refractivity contribution in [3.63, 3.8) is 0 Å². The lowest BCUT2D eigenvalue weighted by atomic mass is 9.97. The fourth-order valence-corrected chi connectivity index (χ4v) is 2.79. The van der Waals surface area contributed by atoms with E-state index < -0.39 is 0 Å². The molecule has 2 N–H and O–H groups in total. The molecule has 1 aliphatic carbocycles. The summed E-state index contributed by atoms with van der Waals surface area (Å²) in [6.45, 7) is 0.665. The van der Waals surface area contributed by atoms with Crippen LogP contribution in [0.2, 0.25) is 0 Å². The van der Waals surface area contributed by atoms with Gasteiger partial charge in [-0.05, 0) is 50.3 Å². The third-order valence-corrected chi connectivity index (χ3v) is 3.99. The van der Waals surface area contributed by atoms with Crippen molar-refractivity contribution in [2.45, 2.75) is 32.1 Å². The van der Waals surface area contributed by atoms with Crippen LogP contribution in [-0.4, -0.2) is 25.0 Å². The summed E-state index contributed by atoms with van der Waals surface area (Å²) >= 11 is 0. The minimum atomic E-state index is -0.200. The van der Waals surface area contributed by atoms with Gasteiger partial charge in [0.05, 0.1) is 5.69 Å². The molecule has 2 amide bonds. The summed E-state index contributed by atoms with van der Waals surface area (Å²) in [6, 6.07) is 5.08. The van der Waals surface area contributed by atoms with Gasteiger partial charge in [-0.15, -0.1) is 0 Å². The zero-order chi connectivity index (χ0) is 15.4. The molecule has 2 aliphatic rings. The van der Waals surface area contributed by atoms with Crippen LogP contribution in [0.5, 0.6) is 5.75 Å². The number of carbonyl (C=O) groups is 2. The van der Waals surface area contributed by atoms with Crippen molar-refractivity contribution in [1.29, 1.82) is 0 Å². The first-order valence-electron chi connectivity index (χ1n) is 7.75. The first-order valence-corrected chi connectivity index (χ1v) is 7.75. The first-order chi connectivity index (χ1) is 10.7.